The van der Waals surface area contributed by atoms with Gasteiger partial charge in [0.2, 0.25) is 0 Å². The fourth-order valence-corrected chi connectivity index (χ4v) is 3.11. The molecular formula is C15H20N2. The summed E-state index contributed by atoms with van der Waals surface area (Å²) in [6.45, 7) is 1.80. The number of rotatable bonds is 3. The van der Waals surface area contributed by atoms with Crippen molar-refractivity contribution < 1.29 is 0 Å². The molecule has 2 heteroatoms. The normalized spacial score (nSPS) is 17.0. The van der Waals surface area contributed by atoms with Crippen LogP contribution in [0.3, 0.4) is 0 Å². The number of hydrogen-bond acceptors (Lipinski definition) is 1. The first-order valence-corrected chi connectivity index (χ1v) is 6.65. The van der Waals surface area contributed by atoms with Crippen LogP contribution in [-0.4, -0.2) is 4.57 Å². The molecule has 0 saturated heterocycles. The molecule has 2 N–H and O–H groups in total. The molecule has 1 aliphatic rings. The summed E-state index contributed by atoms with van der Waals surface area (Å²) in [5.74, 6) is 0.872. The highest BCUT2D eigenvalue weighted by Crippen LogP contribution is 2.29. The number of fused-ring (bicyclic) bond motifs is 1. The molecule has 3 rings (SSSR count). The number of para-hydroxylation sites is 1. The molecule has 1 fully saturated rings. The summed E-state index contributed by atoms with van der Waals surface area (Å²) in [4.78, 5) is 0. The zero-order valence-electron chi connectivity index (χ0n) is 10.2. The summed E-state index contributed by atoms with van der Waals surface area (Å²) in [6.07, 6.45) is 7.86. The zero-order chi connectivity index (χ0) is 11.7. The van der Waals surface area contributed by atoms with Gasteiger partial charge in [-0.3, -0.25) is 0 Å². The van der Waals surface area contributed by atoms with E-state index in [0.29, 0.717) is 6.54 Å². The lowest BCUT2D eigenvalue weighted by Gasteiger charge is -2.11. The summed E-state index contributed by atoms with van der Waals surface area (Å²) in [5.41, 5.74) is 8.45. The monoisotopic (exact) mass is 228 g/mol. The van der Waals surface area contributed by atoms with Gasteiger partial charge in [-0.2, -0.15) is 0 Å². The van der Waals surface area contributed by atoms with Gasteiger partial charge in [-0.15, -0.1) is 0 Å². The van der Waals surface area contributed by atoms with Gasteiger partial charge >= 0.3 is 0 Å². The van der Waals surface area contributed by atoms with Gasteiger partial charge in [0, 0.05) is 30.2 Å². The predicted molar refractivity (Wildman–Crippen MR) is 71.8 cm³/mol. The molecule has 1 aromatic carbocycles. The van der Waals surface area contributed by atoms with Crippen molar-refractivity contribution in [3.8, 4) is 0 Å². The number of nitrogens with zero attached hydrogens (tertiary/aromatic N) is 1. The molecule has 2 nitrogen and oxygen atoms in total. The van der Waals surface area contributed by atoms with Crippen LogP contribution < -0.4 is 5.73 Å². The van der Waals surface area contributed by atoms with Crippen molar-refractivity contribution in [2.24, 2.45) is 11.7 Å². The molecule has 1 heterocycles. The molecule has 0 aliphatic heterocycles. The maximum absolute atomic E-state index is 5.82. The summed E-state index contributed by atoms with van der Waals surface area (Å²) in [6, 6.07) is 8.61. The highest BCUT2D eigenvalue weighted by atomic mass is 15.0. The van der Waals surface area contributed by atoms with E-state index in [-0.39, 0.29) is 0 Å². The molecule has 0 amide bonds. The van der Waals surface area contributed by atoms with E-state index in [0.717, 1.165) is 5.92 Å². The second-order valence-corrected chi connectivity index (χ2v) is 5.18. The van der Waals surface area contributed by atoms with Gasteiger partial charge in [-0.25, -0.2) is 0 Å². The number of nitrogens with two attached hydrogens (primary N) is 1. The molecule has 0 spiro atoms. The van der Waals surface area contributed by atoms with Gasteiger partial charge in [0.15, 0.2) is 0 Å². The highest BCUT2D eigenvalue weighted by molar-refractivity contribution is 5.83. The van der Waals surface area contributed by atoms with Gasteiger partial charge in [-0.1, -0.05) is 31.0 Å². The van der Waals surface area contributed by atoms with Crippen molar-refractivity contribution in [3.63, 3.8) is 0 Å². The molecule has 0 unspecified atom stereocenters. The lowest BCUT2D eigenvalue weighted by molar-refractivity contribution is 0.465. The Bertz CT molecular complexity index is 507. The molecule has 0 bridgehead atoms. The molecule has 90 valence electrons. The minimum atomic E-state index is 0.637. The Morgan fingerprint density at radius 1 is 1.18 bits per heavy atom. The zero-order valence-corrected chi connectivity index (χ0v) is 10.2. The second kappa shape index (κ2) is 4.53. The Morgan fingerprint density at radius 2 is 1.94 bits per heavy atom. The Balaban J connectivity index is 1.97. The first-order chi connectivity index (χ1) is 8.38. The molecule has 0 atom stereocenters. The van der Waals surface area contributed by atoms with Crippen molar-refractivity contribution in [2.75, 3.05) is 0 Å². The van der Waals surface area contributed by atoms with E-state index in [1.807, 2.05) is 0 Å². The lowest BCUT2D eigenvalue weighted by Crippen LogP contribution is -2.06. The Labute approximate surface area is 102 Å². The third-order valence-corrected chi connectivity index (χ3v) is 4.02. The van der Waals surface area contributed by atoms with E-state index in [1.165, 1.54) is 48.7 Å². The number of aromatic nitrogens is 1. The molecular weight excluding hydrogens is 208 g/mol. The van der Waals surface area contributed by atoms with Crippen molar-refractivity contribution in [3.05, 3.63) is 36.0 Å². The van der Waals surface area contributed by atoms with Crippen LogP contribution in [0.1, 0.15) is 31.2 Å². The first-order valence-electron chi connectivity index (χ1n) is 6.65. The average molecular weight is 228 g/mol. The van der Waals surface area contributed by atoms with Gasteiger partial charge in [0.1, 0.15) is 0 Å². The second-order valence-electron chi connectivity index (χ2n) is 5.18. The molecule has 1 saturated carbocycles. The van der Waals surface area contributed by atoms with Crippen molar-refractivity contribution in [1.29, 1.82) is 0 Å². The highest BCUT2D eigenvalue weighted by Gasteiger charge is 2.16. The molecule has 0 radical (unpaired) electrons. The van der Waals surface area contributed by atoms with Crippen LogP contribution in [0.4, 0.5) is 0 Å². The van der Waals surface area contributed by atoms with Crippen molar-refractivity contribution >= 4 is 10.9 Å². The number of hydrogen-bond donors (Lipinski definition) is 1. The van der Waals surface area contributed by atoms with Gasteiger partial charge in [0.25, 0.3) is 0 Å². The largest absolute Gasteiger partial charge is 0.347 e. The smallest absolute Gasteiger partial charge is 0.0483 e. The fourth-order valence-electron chi connectivity index (χ4n) is 3.11. The minimum Gasteiger partial charge on any atom is -0.347 e. The predicted octanol–water partition coefficient (Wildman–Crippen LogP) is 3.29. The fraction of sp³-hybridized carbons (Fsp3) is 0.467. The van der Waals surface area contributed by atoms with E-state index in [1.54, 1.807) is 0 Å². The van der Waals surface area contributed by atoms with Crippen LogP contribution in [0.25, 0.3) is 10.9 Å². The minimum absolute atomic E-state index is 0.637. The van der Waals surface area contributed by atoms with Crippen LogP contribution in [0.5, 0.6) is 0 Å². The van der Waals surface area contributed by atoms with E-state index in [4.69, 9.17) is 5.73 Å². The van der Waals surface area contributed by atoms with Crippen LogP contribution in [0, 0.1) is 5.92 Å². The molecule has 1 aliphatic carbocycles. The van der Waals surface area contributed by atoms with Gasteiger partial charge < -0.3 is 10.3 Å². The molecule has 1 aromatic heterocycles. The lowest BCUT2D eigenvalue weighted by atomic mass is 10.1. The van der Waals surface area contributed by atoms with Crippen LogP contribution in [0.2, 0.25) is 0 Å². The third kappa shape index (κ3) is 1.98. The van der Waals surface area contributed by atoms with Crippen LogP contribution in [-0.2, 0) is 13.1 Å². The Kier molecular flexibility index (Phi) is 2.89. The Morgan fingerprint density at radius 3 is 2.71 bits per heavy atom. The molecule has 2 aromatic rings. The maximum atomic E-state index is 5.82. The molecule has 17 heavy (non-hydrogen) atoms. The third-order valence-electron chi connectivity index (χ3n) is 4.02. The quantitative estimate of drug-likeness (QED) is 0.858. The number of benzene rings is 1. The first kappa shape index (κ1) is 10.8. The topological polar surface area (TPSA) is 30.9 Å². The van der Waals surface area contributed by atoms with E-state index in [9.17, 15) is 0 Å². The van der Waals surface area contributed by atoms with Crippen molar-refractivity contribution in [1.82, 2.24) is 4.57 Å². The van der Waals surface area contributed by atoms with E-state index in [2.05, 4.69) is 35.0 Å². The summed E-state index contributed by atoms with van der Waals surface area (Å²) in [7, 11) is 0. The van der Waals surface area contributed by atoms with Crippen LogP contribution in [0.15, 0.2) is 30.5 Å². The average Bonchev–Trinajstić information content (AvgIpc) is 2.98. The summed E-state index contributed by atoms with van der Waals surface area (Å²) >= 11 is 0. The maximum Gasteiger partial charge on any atom is 0.0483 e. The Hall–Kier alpha value is -1.28. The van der Waals surface area contributed by atoms with Gasteiger partial charge in [0.05, 0.1) is 0 Å². The SMILES string of the molecule is NCc1cn(CC2CCCC2)c2ccccc12. The van der Waals surface area contributed by atoms with E-state index >= 15 is 0 Å². The standard InChI is InChI=1S/C15H20N2/c16-9-13-11-17(10-12-5-1-2-6-12)15-8-4-3-7-14(13)15/h3-4,7-8,11-12H,1-2,5-6,9-10,16H2. The van der Waals surface area contributed by atoms with E-state index < -0.39 is 0 Å². The van der Waals surface area contributed by atoms with Crippen molar-refractivity contribution in [2.45, 2.75) is 38.8 Å². The van der Waals surface area contributed by atoms with Crippen LogP contribution >= 0.6 is 0 Å². The summed E-state index contributed by atoms with van der Waals surface area (Å²) in [5, 5.41) is 1.33. The summed E-state index contributed by atoms with van der Waals surface area (Å²) < 4.78 is 2.41. The van der Waals surface area contributed by atoms with Gasteiger partial charge in [-0.05, 0) is 30.4 Å².